The van der Waals surface area contributed by atoms with Crippen LogP contribution in [0.3, 0.4) is 0 Å². The summed E-state index contributed by atoms with van der Waals surface area (Å²) in [6.07, 6.45) is 0. The predicted molar refractivity (Wildman–Crippen MR) is 30.8 cm³/mol. The first kappa shape index (κ1) is 6.50. The van der Waals surface area contributed by atoms with Gasteiger partial charge in [-0.05, 0) is 0 Å². The molecule has 1 aromatic carbocycles. The molecule has 0 aliphatic carbocycles. The van der Waals surface area contributed by atoms with E-state index in [4.69, 9.17) is 0 Å². The van der Waals surface area contributed by atoms with Crippen molar-refractivity contribution < 1.29 is 20.3 Å². The Hall–Kier alpha value is -0.616. The van der Waals surface area contributed by atoms with Crippen molar-refractivity contribution >= 4 is 4.75 Å². The standard InChI is InChI=1S/C7H5O.Ni/c8-6-7-4-2-1-3-5-7;/h1-5H;. The Labute approximate surface area is 61.4 Å². The van der Waals surface area contributed by atoms with Gasteiger partial charge >= 0.3 is 60.9 Å². The summed E-state index contributed by atoms with van der Waals surface area (Å²) in [6, 6.07) is 8.88. The molecule has 0 aliphatic heterocycles. The molecule has 1 nitrogen and oxygen atoms in total. The van der Waals surface area contributed by atoms with E-state index in [0.717, 1.165) is 0 Å². The van der Waals surface area contributed by atoms with E-state index in [-0.39, 0.29) is 4.75 Å². The quantitative estimate of drug-likeness (QED) is 0.572. The number of carbonyl (C=O) groups excluding carboxylic acids is 1. The van der Waals surface area contributed by atoms with Crippen LogP contribution in [-0.4, -0.2) is 4.75 Å². The average molecular weight is 164 g/mol. The summed E-state index contributed by atoms with van der Waals surface area (Å²) in [5, 5.41) is 0. The van der Waals surface area contributed by atoms with Crippen LogP contribution in [0.25, 0.3) is 0 Å². The van der Waals surface area contributed by atoms with E-state index in [2.05, 4.69) is 15.5 Å². The maximum atomic E-state index is 10.5. The molecule has 0 aliphatic rings. The number of hydrogen-bond donors (Lipinski definition) is 0. The molecule has 0 saturated heterocycles. The van der Waals surface area contributed by atoms with Crippen molar-refractivity contribution in [2.45, 2.75) is 0 Å². The second-order valence-corrected chi connectivity index (χ2v) is 2.06. The third-order valence-corrected chi connectivity index (χ3v) is 1.27. The molecular formula is C7H5NiO. The fourth-order valence-electron chi connectivity index (χ4n) is 0.559. The van der Waals surface area contributed by atoms with E-state index in [1.165, 1.54) is 0 Å². The summed E-state index contributed by atoms with van der Waals surface area (Å²) in [5.41, 5.74) is 0.609. The first-order valence-electron chi connectivity index (χ1n) is 2.52. The van der Waals surface area contributed by atoms with Gasteiger partial charge in [0, 0.05) is 0 Å². The monoisotopic (exact) mass is 163 g/mol. The minimum atomic E-state index is -0.254. The molecule has 49 valence electrons. The van der Waals surface area contributed by atoms with Crippen molar-refractivity contribution in [3.63, 3.8) is 0 Å². The van der Waals surface area contributed by atoms with Gasteiger partial charge in [0.2, 0.25) is 0 Å². The molecule has 0 bridgehead atoms. The number of benzene rings is 1. The third kappa shape index (κ3) is 1.65. The maximum absolute atomic E-state index is 10.5. The number of hydrogen-bond acceptors (Lipinski definition) is 1. The zero-order valence-corrected chi connectivity index (χ0v) is 5.60. The summed E-state index contributed by atoms with van der Waals surface area (Å²) in [6.45, 7) is 0. The van der Waals surface area contributed by atoms with Crippen LogP contribution in [-0.2, 0) is 15.5 Å². The van der Waals surface area contributed by atoms with Crippen molar-refractivity contribution in [2.24, 2.45) is 0 Å². The van der Waals surface area contributed by atoms with E-state index in [0.29, 0.717) is 5.56 Å². The molecule has 0 saturated carbocycles. The molecule has 0 spiro atoms. The molecule has 0 N–H and O–H groups in total. The summed E-state index contributed by atoms with van der Waals surface area (Å²) in [4.78, 5) is 10.5. The Morgan fingerprint density at radius 3 is 2.11 bits per heavy atom. The molecule has 0 amide bonds. The molecule has 1 aromatic rings. The van der Waals surface area contributed by atoms with E-state index in [9.17, 15) is 4.79 Å². The van der Waals surface area contributed by atoms with Gasteiger partial charge in [-0.1, -0.05) is 0 Å². The fourth-order valence-corrected chi connectivity index (χ4v) is 0.724. The van der Waals surface area contributed by atoms with Gasteiger partial charge in [0.1, 0.15) is 0 Å². The molecule has 0 unspecified atom stereocenters. The molecule has 1 rings (SSSR count). The SMILES string of the molecule is O=[C]([Ni])c1ccccc1. The second-order valence-electron chi connectivity index (χ2n) is 1.61. The average Bonchev–Trinajstić information content (AvgIpc) is 1.90. The molecule has 0 radical (unpaired) electrons. The van der Waals surface area contributed by atoms with Crippen LogP contribution in [0.4, 0.5) is 0 Å². The van der Waals surface area contributed by atoms with Crippen LogP contribution in [0, 0.1) is 0 Å². The van der Waals surface area contributed by atoms with Gasteiger partial charge in [-0.2, -0.15) is 0 Å². The van der Waals surface area contributed by atoms with Gasteiger partial charge in [-0.15, -0.1) is 0 Å². The molecule has 0 fully saturated rings. The van der Waals surface area contributed by atoms with E-state index in [1.807, 2.05) is 6.07 Å². The zero-order valence-electron chi connectivity index (χ0n) is 4.61. The summed E-state index contributed by atoms with van der Waals surface area (Å²) < 4.78 is -0.254. The van der Waals surface area contributed by atoms with Crippen LogP contribution in [0.5, 0.6) is 0 Å². The van der Waals surface area contributed by atoms with Crippen molar-refractivity contribution in [2.75, 3.05) is 0 Å². The molecule has 0 aromatic heterocycles. The van der Waals surface area contributed by atoms with Gasteiger partial charge in [-0.25, -0.2) is 0 Å². The Morgan fingerprint density at radius 2 is 1.78 bits per heavy atom. The first-order chi connectivity index (χ1) is 4.30. The number of rotatable bonds is 1. The predicted octanol–water partition coefficient (Wildman–Crippen LogP) is 1.37. The third-order valence-electron chi connectivity index (χ3n) is 0.983. The van der Waals surface area contributed by atoms with E-state index in [1.54, 1.807) is 24.3 Å². The van der Waals surface area contributed by atoms with Gasteiger partial charge < -0.3 is 0 Å². The summed E-state index contributed by atoms with van der Waals surface area (Å²) >= 11 is 4.12. The molecule has 9 heavy (non-hydrogen) atoms. The van der Waals surface area contributed by atoms with Crippen molar-refractivity contribution in [1.82, 2.24) is 0 Å². The minimum absolute atomic E-state index is 0.254. The second kappa shape index (κ2) is 2.79. The van der Waals surface area contributed by atoms with E-state index < -0.39 is 0 Å². The first-order valence-corrected chi connectivity index (χ1v) is 3.02. The van der Waals surface area contributed by atoms with Crippen molar-refractivity contribution in [1.29, 1.82) is 0 Å². The normalized spacial score (nSPS) is 9.11. The van der Waals surface area contributed by atoms with Crippen LogP contribution < -0.4 is 0 Å². The molecule has 0 atom stereocenters. The number of carbonyl (C=O) groups is 1. The molecule has 0 heterocycles. The molecule has 2 heteroatoms. The Morgan fingerprint density at radius 1 is 1.22 bits per heavy atom. The fraction of sp³-hybridized carbons (Fsp3) is 0. The van der Waals surface area contributed by atoms with Crippen molar-refractivity contribution in [3.05, 3.63) is 35.9 Å². The van der Waals surface area contributed by atoms with Crippen molar-refractivity contribution in [3.8, 4) is 0 Å². The van der Waals surface area contributed by atoms with E-state index >= 15 is 0 Å². The summed E-state index contributed by atoms with van der Waals surface area (Å²) in [7, 11) is 0. The Balaban J connectivity index is 2.98. The Kier molecular flexibility index (Phi) is 2.02. The van der Waals surface area contributed by atoms with Crippen LogP contribution in [0.1, 0.15) is 10.4 Å². The Bertz CT molecular complexity index is 205. The van der Waals surface area contributed by atoms with Crippen LogP contribution >= 0.6 is 0 Å². The van der Waals surface area contributed by atoms with Crippen LogP contribution in [0.15, 0.2) is 30.3 Å². The topological polar surface area (TPSA) is 17.1 Å². The zero-order chi connectivity index (χ0) is 6.69. The van der Waals surface area contributed by atoms with Gasteiger partial charge in [-0.3, -0.25) is 0 Å². The molecular weight excluding hydrogens is 159 g/mol. The van der Waals surface area contributed by atoms with Crippen LogP contribution in [0.2, 0.25) is 0 Å². The summed E-state index contributed by atoms with van der Waals surface area (Å²) in [5.74, 6) is 0. The van der Waals surface area contributed by atoms with Gasteiger partial charge in [0.05, 0.1) is 0 Å². The van der Waals surface area contributed by atoms with Gasteiger partial charge in [0.15, 0.2) is 0 Å². The van der Waals surface area contributed by atoms with Gasteiger partial charge in [0.25, 0.3) is 0 Å².